The molecule has 17 heavy (non-hydrogen) atoms. The topological polar surface area (TPSA) is 3.24 Å². The smallest absolute Gasteiger partial charge is 0.0186 e. The lowest BCUT2D eigenvalue weighted by atomic mass is 10.1. The summed E-state index contributed by atoms with van der Waals surface area (Å²) < 4.78 is 0. The molecule has 0 aromatic heterocycles. The zero-order valence-corrected chi connectivity index (χ0v) is 12.9. The van der Waals surface area contributed by atoms with E-state index >= 15 is 0 Å². The predicted molar refractivity (Wildman–Crippen MR) is 80.9 cm³/mol. The first-order chi connectivity index (χ1) is 8.24. The van der Waals surface area contributed by atoms with Gasteiger partial charge in [-0.25, -0.2) is 0 Å². The number of nitrogens with zero attached hydrogens (tertiary/aromatic N) is 1. The van der Waals surface area contributed by atoms with Crippen LogP contribution < -0.4 is 0 Å². The second kappa shape index (κ2) is 9.27. The number of hydrogen-bond donors (Lipinski definition) is 0. The quantitative estimate of drug-likeness (QED) is 0.592. The van der Waals surface area contributed by atoms with Crippen LogP contribution in [0.15, 0.2) is 0 Å². The largest absolute Gasteiger partial charge is 0.300 e. The van der Waals surface area contributed by atoms with Gasteiger partial charge in [-0.05, 0) is 50.4 Å². The van der Waals surface area contributed by atoms with Crippen LogP contribution in [0.2, 0.25) is 0 Å². The maximum absolute atomic E-state index is 2.76. The number of likely N-dealkylation sites (tertiary alicyclic amines) is 1. The third-order valence-corrected chi connectivity index (χ3v) is 4.82. The molecule has 1 atom stereocenters. The highest BCUT2D eigenvalue weighted by Crippen LogP contribution is 2.20. The highest BCUT2D eigenvalue weighted by atomic mass is 32.2. The molecule has 1 rings (SSSR count). The Hall–Kier alpha value is 0.310. The van der Waals surface area contributed by atoms with E-state index < -0.39 is 0 Å². The average Bonchev–Trinajstić information content (AvgIpc) is 2.34. The Bertz CT molecular complexity index is 176. The zero-order valence-electron chi connectivity index (χ0n) is 12.1. The van der Waals surface area contributed by atoms with Crippen molar-refractivity contribution >= 4 is 11.8 Å². The van der Waals surface area contributed by atoms with Gasteiger partial charge in [0, 0.05) is 11.8 Å². The normalized spacial score (nSPS) is 19.8. The summed E-state index contributed by atoms with van der Waals surface area (Å²) in [5, 5.41) is 0. The van der Waals surface area contributed by atoms with E-state index in [1.165, 1.54) is 63.1 Å². The molecule has 1 aliphatic heterocycles. The maximum atomic E-state index is 2.76. The highest BCUT2D eigenvalue weighted by molar-refractivity contribution is 7.99. The minimum atomic E-state index is 0.859. The molecule has 1 unspecified atom stereocenters. The Balaban J connectivity index is 2.21. The van der Waals surface area contributed by atoms with E-state index in [1.54, 1.807) is 0 Å². The summed E-state index contributed by atoms with van der Waals surface area (Å²) in [6.07, 6.45) is 8.42. The fourth-order valence-corrected chi connectivity index (χ4v) is 3.98. The summed E-state index contributed by atoms with van der Waals surface area (Å²) >= 11 is 2.18. The number of thioether (sulfide) groups is 1. The summed E-state index contributed by atoms with van der Waals surface area (Å²) in [6, 6.07) is 0.859. The Morgan fingerprint density at radius 3 is 2.35 bits per heavy atom. The molecule has 0 amide bonds. The molecule has 0 aromatic carbocycles. The zero-order chi connectivity index (χ0) is 12.5. The van der Waals surface area contributed by atoms with Crippen molar-refractivity contribution in [1.29, 1.82) is 0 Å². The number of hydrogen-bond acceptors (Lipinski definition) is 2. The Labute approximate surface area is 113 Å². The SMILES string of the molecule is CCCC(CSCCC(C)C)N1CCCCC1. The molecule has 1 heterocycles. The van der Waals surface area contributed by atoms with Gasteiger partial charge in [0.05, 0.1) is 0 Å². The van der Waals surface area contributed by atoms with Crippen LogP contribution in [-0.4, -0.2) is 35.5 Å². The van der Waals surface area contributed by atoms with Gasteiger partial charge in [-0.1, -0.05) is 33.6 Å². The van der Waals surface area contributed by atoms with Crippen LogP contribution in [-0.2, 0) is 0 Å². The van der Waals surface area contributed by atoms with Crippen molar-refractivity contribution in [2.24, 2.45) is 5.92 Å². The molecule has 0 bridgehead atoms. The van der Waals surface area contributed by atoms with Crippen LogP contribution in [0.4, 0.5) is 0 Å². The monoisotopic (exact) mass is 257 g/mol. The van der Waals surface area contributed by atoms with Crippen molar-refractivity contribution in [2.75, 3.05) is 24.6 Å². The molecule has 0 radical (unpaired) electrons. The number of rotatable bonds is 8. The molecule has 1 fully saturated rings. The molecule has 0 aliphatic carbocycles. The van der Waals surface area contributed by atoms with Gasteiger partial charge in [0.1, 0.15) is 0 Å². The van der Waals surface area contributed by atoms with Crippen molar-refractivity contribution in [1.82, 2.24) is 4.90 Å². The van der Waals surface area contributed by atoms with Gasteiger partial charge in [-0.15, -0.1) is 0 Å². The summed E-state index contributed by atoms with van der Waals surface area (Å²) in [5.41, 5.74) is 0. The Morgan fingerprint density at radius 1 is 1.06 bits per heavy atom. The van der Waals surface area contributed by atoms with Crippen LogP contribution >= 0.6 is 11.8 Å². The lowest BCUT2D eigenvalue weighted by Gasteiger charge is -2.34. The lowest BCUT2D eigenvalue weighted by molar-refractivity contribution is 0.169. The van der Waals surface area contributed by atoms with E-state index in [0.717, 1.165) is 12.0 Å². The molecule has 0 saturated carbocycles. The molecule has 102 valence electrons. The Morgan fingerprint density at radius 2 is 1.76 bits per heavy atom. The second-order valence-electron chi connectivity index (χ2n) is 5.80. The first-order valence-corrected chi connectivity index (χ1v) is 8.71. The minimum absolute atomic E-state index is 0.859. The van der Waals surface area contributed by atoms with Crippen LogP contribution in [0.5, 0.6) is 0 Å². The molecule has 2 heteroatoms. The van der Waals surface area contributed by atoms with Gasteiger partial charge in [0.25, 0.3) is 0 Å². The van der Waals surface area contributed by atoms with Crippen molar-refractivity contribution in [3.05, 3.63) is 0 Å². The highest BCUT2D eigenvalue weighted by Gasteiger charge is 2.19. The molecule has 1 nitrogen and oxygen atoms in total. The Kier molecular flexibility index (Phi) is 8.38. The fraction of sp³-hybridized carbons (Fsp3) is 1.00. The molecular weight excluding hydrogens is 226 g/mol. The molecule has 0 spiro atoms. The van der Waals surface area contributed by atoms with E-state index in [1.807, 2.05) is 0 Å². The first-order valence-electron chi connectivity index (χ1n) is 7.55. The molecule has 0 aromatic rings. The maximum Gasteiger partial charge on any atom is 0.0186 e. The summed E-state index contributed by atoms with van der Waals surface area (Å²) in [4.78, 5) is 2.76. The minimum Gasteiger partial charge on any atom is -0.300 e. The van der Waals surface area contributed by atoms with Crippen molar-refractivity contribution < 1.29 is 0 Å². The van der Waals surface area contributed by atoms with Crippen LogP contribution in [0.25, 0.3) is 0 Å². The van der Waals surface area contributed by atoms with Gasteiger partial charge >= 0.3 is 0 Å². The molecule has 1 saturated heterocycles. The van der Waals surface area contributed by atoms with E-state index in [9.17, 15) is 0 Å². The van der Waals surface area contributed by atoms with Gasteiger partial charge < -0.3 is 0 Å². The van der Waals surface area contributed by atoms with Crippen molar-refractivity contribution in [3.8, 4) is 0 Å². The first kappa shape index (κ1) is 15.4. The van der Waals surface area contributed by atoms with E-state index in [-0.39, 0.29) is 0 Å². The summed E-state index contributed by atoms with van der Waals surface area (Å²) in [7, 11) is 0. The van der Waals surface area contributed by atoms with E-state index in [2.05, 4.69) is 37.4 Å². The van der Waals surface area contributed by atoms with Crippen molar-refractivity contribution in [2.45, 2.75) is 65.3 Å². The fourth-order valence-electron chi connectivity index (χ4n) is 2.53. The standard InChI is InChI=1S/C15H31NS/c1-4-8-15(13-17-12-9-14(2)3)16-10-6-5-7-11-16/h14-15H,4-13H2,1-3H3. The van der Waals surface area contributed by atoms with Gasteiger partial charge in [0.2, 0.25) is 0 Å². The van der Waals surface area contributed by atoms with E-state index in [4.69, 9.17) is 0 Å². The third-order valence-electron chi connectivity index (χ3n) is 3.68. The van der Waals surface area contributed by atoms with Gasteiger partial charge in [-0.3, -0.25) is 4.90 Å². The van der Waals surface area contributed by atoms with Gasteiger partial charge in [-0.2, -0.15) is 11.8 Å². The molecule has 0 N–H and O–H groups in total. The molecular formula is C15H31NS. The van der Waals surface area contributed by atoms with Crippen LogP contribution in [0.1, 0.15) is 59.3 Å². The predicted octanol–water partition coefficient (Wildman–Crippen LogP) is 4.42. The van der Waals surface area contributed by atoms with Crippen LogP contribution in [0.3, 0.4) is 0 Å². The number of piperidine rings is 1. The third kappa shape index (κ3) is 6.71. The summed E-state index contributed by atoms with van der Waals surface area (Å²) in [5.74, 6) is 3.58. The van der Waals surface area contributed by atoms with E-state index in [0.29, 0.717) is 0 Å². The second-order valence-corrected chi connectivity index (χ2v) is 6.95. The molecule has 1 aliphatic rings. The van der Waals surface area contributed by atoms with Crippen LogP contribution in [0, 0.1) is 5.92 Å². The van der Waals surface area contributed by atoms with Crippen molar-refractivity contribution in [3.63, 3.8) is 0 Å². The lowest BCUT2D eigenvalue weighted by Crippen LogP contribution is -2.40. The van der Waals surface area contributed by atoms with Gasteiger partial charge in [0.15, 0.2) is 0 Å². The average molecular weight is 257 g/mol. The summed E-state index contributed by atoms with van der Waals surface area (Å²) in [6.45, 7) is 9.70.